The average molecular weight is 308 g/mol. The highest BCUT2D eigenvalue weighted by Crippen LogP contribution is 2.18. The van der Waals surface area contributed by atoms with Crippen LogP contribution in [0.3, 0.4) is 0 Å². The quantitative estimate of drug-likeness (QED) is 0.389. The zero-order valence-electron chi connectivity index (χ0n) is 12.7. The lowest BCUT2D eigenvalue weighted by atomic mass is 10.2. The van der Waals surface area contributed by atoms with Crippen molar-refractivity contribution in [3.63, 3.8) is 0 Å². The van der Waals surface area contributed by atoms with E-state index in [1.165, 1.54) is 9.80 Å². The molecule has 120 valence electrons. The van der Waals surface area contributed by atoms with Crippen molar-refractivity contribution in [2.75, 3.05) is 0 Å². The molecule has 4 atom stereocenters. The van der Waals surface area contributed by atoms with Crippen LogP contribution in [0.5, 0.6) is 0 Å². The number of nitrogens with zero attached hydrogens (tertiary/aromatic N) is 2. The van der Waals surface area contributed by atoms with Gasteiger partial charge >= 0.3 is 0 Å². The minimum absolute atomic E-state index is 0.0531. The molecule has 4 N–H and O–H groups in total. The molecule has 0 aliphatic carbocycles. The normalized spacial score (nSPS) is 17.2. The summed E-state index contributed by atoms with van der Waals surface area (Å²) in [5.74, 6) is 0. The van der Waals surface area contributed by atoms with Crippen LogP contribution in [-0.2, 0) is 0 Å². The average Bonchev–Trinajstić information content (AvgIpc) is 2.46. The Morgan fingerprint density at radius 1 is 0.700 bits per heavy atom. The third kappa shape index (κ3) is 4.82. The molecule has 0 aliphatic heterocycles. The van der Waals surface area contributed by atoms with E-state index in [9.17, 15) is 20.4 Å². The van der Waals surface area contributed by atoms with Crippen LogP contribution in [0.1, 0.15) is 53.4 Å². The van der Waals surface area contributed by atoms with Gasteiger partial charge in [-0.25, -0.2) is 0 Å². The lowest BCUT2D eigenvalue weighted by molar-refractivity contribution is -0.0978. The van der Waals surface area contributed by atoms with E-state index in [2.05, 4.69) is 0 Å². The molecule has 0 radical (unpaired) electrons. The molecule has 0 spiro atoms. The lowest BCUT2D eigenvalue weighted by Crippen LogP contribution is -2.58. The summed E-state index contributed by atoms with van der Waals surface area (Å²) in [6.45, 7) is 7.05. The van der Waals surface area contributed by atoms with Crippen molar-refractivity contribution in [1.82, 2.24) is 9.80 Å². The second kappa shape index (κ2) is 9.46. The number of thiocarbonyl (C=S) groups is 1. The summed E-state index contributed by atoms with van der Waals surface area (Å²) in [5, 5.41) is 40.2. The highest BCUT2D eigenvalue weighted by molar-refractivity contribution is 7.80. The number of aliphatic hydroxyl groups excluding tert-OH is 4. The van der Waals surface area contributed by atoms with Crippen molar-refractivity contribution in [1.29, 1.82) is 0 Å². The molecule has 0 heterocycles. The predicted molar refractivity (Wildman–Crippen MR) is 81.5 cm³/mol. The number of hydrogen-bond donors (Lipinski definition) is 4. The highest BCUT2D eigenvalue weighted by atomic mass is 32.1. The monoisotopic (exact) mass is 308 g/mol. The van der Waals surface area contributed by atoms with Crippen LogP contribution in [0, 0.1) is 0 Å². The first kappa shape index (κ1) is 19.5. The molecular weight excluding hydrogens is 280 g/mol. The van der Waals surface area contributed by atoms with Gasteiger partial charge in [-0.15, -0.1) is 0 Å². The Morgan fingerprint density at radius 2 is 0.900 bits per heavy atom. The zero-order valence-corrected chi connectivity index (χ0v) is 13.5. The number of rotatable bonds is 8. The Bertz CT molecular complexity index is 248. The molecular formula is C13H28N2O4S. The molecule has 0 saturated heterocycles. The second-order valence-electron chi connectivity index (χ2n) is 4.65. The van der Waals surface area contributed by atoms with Crippen LogP contribution < -0.4 is 0 Å². The summed E-state index contributed by atoms with van der Waals surface area (Å²) < 4.78 is 0. The minimum Gasteiger partial charge on any atom is -0.373 e. The van der Waals surface area contributed by atoms with E-state index in [4.69, 9.17) is 12.2 Å². The number of aliphatic hydroxyl groups is 4. The standard InChI is InChI=1S/C13H28N2O4S/c1-5-9(16)14(10(17)6-2)13(20)15(11(18)7-3)12(19)8-4/h9-12,16-19H,5-8H2,1-4H3. The second-order valence-corrected chi connectivity index (χ2v) is 5.02. The highest BCUT2D eigenvalue weighted by Gasteiger charge is 2.32. The Balaban J connectivity index is 5.34. The van der Waals surface area contributed by atoms with E-state index in [0.717, 1.165) is 0 Å². The summed E-state index contributed by atoms with van der Waals surface area (Å²) in [5.41, 5.74) is 0. The van der Waals surface area contributed by atoms with Gasteiger partial charge in [-0.3, -0.25) is 9.80 Å². The van der Waals surface area contributed by atoms with Crippen LogP contribution in [0.2, 0.25) is 0 Å². The molecule has 0 aromatic carbocycles. The summed E-state index contributed by atoms with van der Waals surface area (Å²) in [6, 6.07) is 0. The summed E-state index contributed by atoms with van der Waals surface area (Å²) in [4.78, 5) is 2.51. The fraction of sp³-hybridized carbons (Fsp3) is 0.923. The van der Waals surface area contributed by atoms with E-state index >= 15 is 0 Å². The maximum atomic E-state index is 10.0. The molecule has 0 aliphatic rings. The van der Waals surface area contributed by atoms with Gasteiger partial charge in [0, 0.05) is 0 Å². The maximum absolute atomic E-state index is 10.0. The minimum atomic E-state index is -0.965. The van der Waals surface area contributed by atoms with Crippen LogP contribution in [0.4, 0.5) is 0 Å². The Labute approximate surface area is 126 Å². The topological polar surface area (TPSA) is 87.4 Å². The predicted octanol–water partition coefficient (Wildman–Crippen LogP) is 0.789. The molecule has 0 amide bonds. The Kier molecular flexibility index (Phi) is 9.24. The summed E-state index contributed by atoms with van der Waals surface area (Å²) in [6.07, 6.45) is -2.38. The molecule has 4 unspecified atom stereocenters. The molecule has 0 aromatic rings. The van der Waals surface area contributed by atoms with Gasteiger partial charge in [0.15, 0.2) is 5.11 Å². The third-order valence-corrected chi connectivity index (χ3v) is 3.61. The van der Waals surface area contributed by atoms with Crippen molar-refractivity contribution in [3.05, 3.63) is 0 Å². The van der Waals surface area contributed by atoms with E-state index in [0.29, 0.717) is 25.7 Å². The molecule has 0 rings (SSSR count). The molecule has 7 heteroatoms. The van der Waals surface area contributed by atoms with Crippen molar-refractivity contribution < 1.29 is 20.4 Å². The summed E-state index contributed by atoms with van der Waals surface area (Å²) in [7, 11) is 0. The first-order valence-corrected chi connectivity index (χ1v) is 7.59. The van der Waals surface area contributed by atoms with Crippen LogP contribution in [-0.4, -0.2) is 60.2 Å². The van der Waals surface area contributed by atoms with Gasteiger partial charge in [0.05, 0.1) is 0 Å². The first-order chi connectivity index (χ1) is 9.35. The zero-order chi connectivity index (χ0) is 15.9. The molecule has 6 nitrogen and oxygen atoms in total. The fourth-order valence-corrected chi connectivity index (χ4v) is 2.31. The van der Waals surface area contributed by atoms with Crippen molar-refractivity contribution in [3.8, 4) is 0 Å². The van der Waals surface area contributed by atoms with E-state index in [1.807, 2.05) is 0 Å². The van der Waals surface area contributed by atoms with E-state index in [-0.39, 0.29) is 5.11 Å². The van der Waals surface area contributed by atoms with Crippen LogP contribution in [0.25, 0.3) is 0 Å². The number of hydrogen-bond acceptors (Lipinski definition) is 5. The lowest BCUT2D eigenvalue weighted by Gasteiger charge is -2.42. The van der Waals surface area contributed by atoms with Crippen molar-refractivity contribution >= 4 is 17.3 Å². The van der Waals surface area contributed by atoms with E-state index in [1.54, 1.807) is 27.7 Å². The van der Waals surface area contributed by atoms with Crippen molar-refractivity contribution in [2.24, 2.45) is 0 Å². The van der Waals surface area contributed by atoms with Crippen molar-refractivity contribution in [2.45, 2.75) is 78.3 Å². The molecule has 0 fully saturated rings. The van der Waals surface area contributed by atoms with Gasteiger partial charge in [-0.1, -0.05) is 27.7 Å². The third-order valence-electron chi connectivity index (χ3n) is 3.19. The smallest absolute Gasteiger partial charge is 0.179 e. The van der Waals surface area contributed by atoms with Crippen LogP contribution in [0.15, 0.2) is 0 Å². The summed E-state index contributed by atoms with van der Waals surface area (Å²) >= 11 is 5.28. The molecule has 0 aromatic heterocycles. The maximum Gasteiger partial charge on any atom is 0.179 e. The Morgan fingerprint density at radius 3 is 1.05 bits per heavy atom. The van der Waals surface area contributed by atoms with Gasteiger partial charge < -0.3 is 20.4 Å². The fourth-order valence-electron chi connectivity index (χ4n) is 1.83. The van der Waals surface area contributed by atoms with E-state index < -0.39 is 24.9 Å². The molecule has 0 bridgehead atoms. The van der Waals surface area contributed by atoms with Gasteiger partial charge in [0.2, 0.25) is 0 Å². The largest absolute Gasteiger partial charge is 0.373 e. The first-order valence-electron chi connectivity index (χ1n) is 7.18. The van der Waals surface area contributed by atoms with Gasteiger partial charge in [-0.2, -0.15) is 0 Å². The van der Waals surface area contributed by atoms with Gasteiger partial charge in [0.1, 0.15) is 24.9 Å². The van der Waals surface area contributed by atoms with Gasteiger partial charge in [0.25, 0.3) is 0 Å². The molecule has 20 heavy (non-hydrogen) atoms. The molecule has 0 saturated carbocycles. The Hall–Kier alpha value is -0.470. The van der Waals surface area contributed by atoms with Gasteiger partial charge in [-0.05, 0) is 37.9 Å². The SMILES string of the molecule is CCC(O)N(C(=S)N(C(O)CC)C(O)CC)C(O)CC. The van der Waals surface area contributed by atoms with Crippen LogP contribution >= 0.6 is 12.2 Å².